The number of methoxy groups -OCH3 is 2. The van der Waals surface area contributed by atoms with E-state index in [1.807, 2.05) is 19.9 Å². The Morgan fingerprint density at radius 3 is 2.63 bits per heavy atom. The minimum Gasteiger partial charge on any atom is -0.481 e. The van der Waals surface area contributed by atoms with Crippen LogP contribution in [0.4, 0.5) is 20.6 Å². The van der Waals surface area contributed by atoms with Crippen LogP contribution in [-0.2, 0) is 9.53 Å². The summed E-state index contributed by atoms with van der Waals surface area (Å²) in [6.45, 7) is 5.41. The normalized spacial score (nSPS) is 17.9. The van der Waals surface area contributed by atoms with E-state index in [0.29, 0.717) is 46.7 Å². The molecule has 0 aliphatic carbocycles. The summed E-state index contributed by atoms with van der Waals surface area (Å²) >= 11 is 5.97. The quantitative estimate of drug-likeness (QED) is 0.235. The molecule has 3 atom stereocenters. The maximum absolute atomic E-state index is 14.8. The molecule has 3 heterocycles. The Labute approximate surface area is 269 Å². The molecule has 3 N–H and O–H groups in total. The predicted molar refractivity (Wildman–Crippen MR) is 170 cm³/mol. The molecule has 4 aromatic rings. The van der Waals surface area contributed by atoms with Crippen LogP contribution in [-0.4, -0.2) is 52.1 Å². The van der Waals surface area contributed by atoms with Gasteiger partial charge < -0.3 is 20.1 Å². The van der Waals surface area contributed by atoms with E-state index in [4.69, 9.17) is 26.1 Å². The number of benzene rings is 2. The highest BCUT2D eigenvalue weighted by atomic mass is 35.5. The van der Waals surface area contributed by atoms with Crippen molar-refractivity contribution >= 4 is 40.9 Å². The van der Waals surface area contributed by atoms with E-state index >= 15 is 0 Å². The van der Waals surface area contributed by atoms with Gasteiger partial charge in [-0.25, -0.2) is 18.9 Å². The first kappa shape index (κ1) is 32.4. The lowest BCUT2D eigenvalue weighted by Crippen LogP contribution is -2.34. The molecule has 0 fully saturated rings. The minimum atomic E-state index is -0.684. The number of amides is 3. The number of rotatable bonds is 5. The lowest BCUT2D eigenvalue weighted by atomic mass is 9.88. The largest absolute Gasteiger partial charge is 0.481 e. The van der Waals surface area contributed by atoms with E-state index in [0.717, 1.165) is 0 Å². The Bertz CT molecular complexity index is 1810. The summed E-state index contributed by atoms with van der Waals surface area (Å²) in [6, 6.07) is 12.5. The van der Waals surface area contributed by atoms with Gasteiger partial charge in [-0.05, 0) is 61.6 Å². The van der Waals surface area contributed by atoms with E-state index in [2.05, 4.69) is 26.3 Å². The van der Waals surface area contributed by atoms with Crippen LogP contribution < -0.4 is 20.7 Å². The van der Waals surface area contributed by atoms with E-state index in [1.54, 1.807) is 37.3 Å². The molecule has 2 aromatic carbocycles. The number of pyridine rings is 1. The summed E-state index contributed by atoms with van der Waals surface area (Å²) in [5, 5.41) is 16.7. The van der Waals surface area contributed by atoms with E-state index in [-0.39, 0.29) is 40.0 Å². The number of ether oxygens (including phenoxy) is 2. The molecule has 5 rings (SSSR count). The Balaban J connectivity index is 1.57. The topological polar surface area (TPSA) is 149 Å². The molecular formula is C32H33ClFN7O5. The summed E-state index contributed by atoms with van der Waals surface area (Å²) in [7, 11) is 2.75. The van der Waals surface area contributed by atoms with Crippen LogP contribution in [0.2, 0.25) is 5.02 Å². The molecule has 0 unspecified atom stereocenters. The monoisotopic (exact) mass is 649 g/mol. The smallest absolute Gasteiger partial charge is 0.411 e. The van der Waals surface area contributed by atoms with Gasteiger partial charge in [0.25, 0.3) is 5.91 Å². The van der Waals surface area contributed by atoms with Gasteiger partial charge in [-0.1, -0.05) is 42.8 Å². The fourth-order valence-electron chi connectivity index (χ4n) is 5.30. The summed E-state index contributed by atoms with van der Waals surface area (Å²) in [5.74, 6) is -1.69. The van der Waals surface area contributed by atoms with Crippen LogP contribution in [0.3, 0.4) is 0 Å². The molecule has 0 spiro atoms. The van der Waals surface area contributed by atoms with Crippen molar-refractivity contribution in [1.82, 2.24) is 25.3 Å². The Kier molecular flexibility index (Phi) is 9.52. The maximum Gasteiger partial charge on any atom is 0.411 e. The summed E-state index contributed by atoms with van der Waals surface area (Å²) in [6.07, 6.45) is 0.417. The van der Waals surface area contributed by atoms with Gasteiger partial charge in [0.05, 0.1) is 42.4 Å². The van der Waals surface area contributed by atoms with Gasteiger partial charge in [0.1, 0.15) is 5.69 Å². The number of halogens is 2. The highest BCUT2D eigenvalue weighted by molar-refractivity contribution is 6.30. The zero-order valence-electron chi connectivity index (χ0n) is 25.9. The third-order valence-electron chi connectivity index (χ3n) is 8.00. The van der Waals surface area contributed by atoms with Crippen LogP contribution in [0.1, 0.15) is 54.6 Å². The molecule has 14 heteroatoms. The second-order valence-corrected chi connectivity index (χ2v) is 11.5. The molecule has 46 heavy (non-hydrogen) atoms. The molecular weight excluding hydrogens is 617 g/mol. The van der Waals surface area contributed by atoms with Gasteiger partial charge in [0, 0.05) is 23.2 Å². The molecule has 0 saturated carbocycles. The standard InChI is InChI=1S/C32H33ClFN7O5/c1-16-9-10-17(2)30(42)37-23-15-20(35-32(44)46-5)11-12-21(23)19-13-24(36-26(14-19)45-4)28(16)38-31(43)29-18(3)41(40-39-29)25-8-6-7-22(33)27(25)34/h6-8,11-17,28H,9-10H2,1-5H3,(H,35,44)(H,37,42)(H,38,43)/t16-,17+,28-/m0/s1. The van der Waals surface area contributed by atoms with Crippen LogP contribution in [0.25, 0.3) is 16.8 Å². The van der Waals surface area contributed by atoms with Crippen molar-refractivity contribution in [2.45, 2.75) is 39.7 Å². The SMILES string of the molecule is COC(=O)Nc1ccc2c(c1)NC(=O)[C@H](C)CC[C@H](C)[C@H](NC(=O)c1nnn(-c3cccc(Cl)c3F)c1C)c1cc-2cc(OC)n1. The molecule has 240 valence electrons. The molecule has 1 aliphatic heterocycles. The Morgan fingerprint density at radius 2 is 1.89 bits per heavy atom. The lowest BCUT2D eigenvalue weighted by Gasteiger charge is -2.27. The van der Waals surface area contributed by atoms with Crippen LogP contribution >= 0.6 is 11.6 Å². The average molecular weight is 650 g/mol. The van der Waals surface area contributed by atoms with Crippen molar-refractivity contribution in [3.63, 3.8) is 0 Å². The number of aromatic nitrogens is 4. The maximum atomic E-state index is 14.8. The number of hydrogen-bond donors (Lipinski definition) is 3. The van der Waals surface area contributed by atoms with E-state index in [9.17, 15) is 18.8 Å². The predicted octanol–water partition coefficient (Wildman–Crippen LogP) is 6.09. The lowest BCUT2D eigenvalue weighted by molar-refractivity contribution is -0.119. The number of anilines is 2. The average Bonchev–Trinajstić information content (AvgIpc) is 3.43. The highest BCUT2D eigenvalue weighted by Gasteiger charge is 2.29. The first-order valence-electron chi connectivity index (χ1n) is 14.5. The van der Waals surface area contributed by atoms with Gasteiger partial charge in [0.2, 0.25) is 11.8 Å². The molecule has 3 amide bonds. The van der Waals surface area contributed by atoms with Crippen LogP contribution in [0, 0.1) is 24.6 Å². The third-order valence-corrected chi connectivity index (χ3v) is 8.29. The van der Waals surface area contributed by atoms with Crippen molar-refractivity contribution in [2.75, 3.05) is 24.9 Å². The van der Waals surface area contributed by atoms with Crippen molar-refractivity contribution < 1.29 is 28.2 Å². The fourth-order valence-corrected chi connectivity index (χ4v) is 5.47. The van der Waals surface area contributed by atoms with Gasteiger partial charge in [-0.15, -0.1) is 5.10 Å². The fraction of sp³-hybridized carbons (Fsp3) is 0.312. The summed E-state index contributed by atoms with van der Waals surface area (Å²) in [5.41, 5.74) is 3.07. The van der Waals surface area contributed by atoms with E-state index in [1.165, 1.54) is 31.0 Å². The minimum absolute atomic E-state index is 0.00420. The number of hydrogen-bond acceptors (Lipinski definition) is 8. The molecule has 0 saturated heterocycles. The van der Waals surface area contributed by atoms with Crippen molar-refractivity contribution in [3.05, 3.63) is 76.5 Å². The van der Waals surface area contributed by atoms with E-state index < -0.39 is 23.9 Å². The molecule has 1 aliphatic rings. The molecule has 12 nitrogen and oxygen atoms in total. The van der Waals surface area contributed by atoms with Crippen molar-refractivity contribution in [3.8, 4) is 22.7 Å². The third kappa shape index (κ3) is 6.64. The zero-order valence-corrected chi connectivity index (χ0v) is 26.6. The van der Waals surface area contributed by atoms with Gasteiger partial charge in [-0.2, -0.15) is 0 Å². The second-order valence-electron chi connectivity index (χ2n) is 11.1. The number of fused-ring (bicyclic) bond motifs is 4. The number of nitrogens with zero attached hydrogens (tertiary/aromatic N) is 4. The first-order valence-corrected chi connectivity index (χ1v) is 14.9. The molecule has 2 aromatic heterocycles. The van der Waals surface area contributed by atoms with Gasteiger partial charge in [0.15, 0.2) is 11.5 Å². The van der Waals surface area contributed by atoms with Crippen molar-refractivity contribution in [2.24, 2.45) is 11.8 Å². The highest BCUT2D eigenvalue weighted by Crippen LogP contribution is 2.37. The molecule has 0 radical (unpaired) electrons. The summed E-state index contributed by atoms with van der Waals surface area (Å²) in [4.78, 5) is 43.6. The van der Waals surface area contributed by atoms with Crippen LogP contribution in [0.15, 0.2) is 48.5 Å². The Morgan fingerprint density at radius 1 is 1.11 bits per heavy atom. The summed E-state index contributed by atoms with van der Waals surface area (Å²) < 4.78 is 26.3. The van der Waals surface area contributed by atoms with Gasteiger partial charge in [-0.3, -0.25) is 14.9 Å². The number of carbonyl (C=O) groups excluding carboxylic acids is 3. The van der Waals surface area contributed by atoms with Crippen LogP contribution in [0.5, 0.6) is 5.88 Å². The Hall–Kier alpha value is -5.04. The van der Waals surface area contributed by atoms with Gasteiger partial charge >= 0.3 is 6.09 Å². The second kappa shape index (κ2) is 13.5. The molecule has 2 bridgehead atoms. The zero-order chi connectivity index (χ0) is 33.1. The first-order chi connectivity index (χ1) is 22.0. The number of nitrogens with one attached hydrogen (secondary N) is 3. The number of carbonyl (C=O) groups is 3. The van der Waals surface area contributed by atoms with Crippen molar-refractivity contribution in [1.29, 1.82) is 0 Å².